The van der Waals surface area contributed by atoms with Crippen LogP contribution >= 0.6 is 0 Å². The first-order chi connectivity index (χ1) is 6.49. The second kappa shape index (κ2) is 4.17. The van der Waals surface area contributed by atoms with Crippen LogP contribution in [-0.4, -0.2) is 22.4 Å². The normalized spacial score (nSPS) is 11.1. The van der Waals surface area contributed by atoms with E-state index in [-0.39, 0.29) is 11.3 Å². The third kappa shape index (κ3) is 3.51. The smallest absolute Gasteiger partial charge is 0.271 e. The summed E-state index contributed by atoms with van der Waals surface area (Å²) in [5.74, 6) is -0.173. The Bertz CT molecular complexity index is 303. The van der Waals surface area contributed by atoms with Crippen molar-refractivity contribution < 1.29 is 4.79 Å². The molecule has 0 aliphatic heterocycles. The molecule has 1 amide bonds. The van der Waals surface area contributed by atoms with Crippen molar-refractivity contribution in [2.24, 2.45) is 5.41 Å². The Labute approximate surface area is 83.8 Å². The molecule has 0 saturated heterocycles. The van der Waals surface area contributed by atoms with Crippen molar-refractivity contribution in [1.82, 2.24) is 15.3 Å². The lowest BCUT2D eigenvalue weighted by molar-refractivity contribution is 0.0934. The van der Waals surface area contributed by atoms with Crippen LogP contribution in [0.15, 0.2) is 18.6 Å². The lowest BCUT2D eigenvalue weighted by Crippen LogP contribution is -2.32. The molecule has 1 N–H and O–H groups in total. The van der Waals surface area contributed by atoms with Gasteiger partial charge in [0.15, 0.2) is 0 Å². The fourth-order valence-corrected chi connectivity index (χ4v) is 0.852. The average Bonchev–Trinajstić information content (AvgIpc) is 2.14. The number of hydrogen-bond donors (Lipinski definition) is 1. The monoisotopic (exact) mass is 193 g/mol. The summed E-state index contributed by atoms with van der Waals surface area (Å²) >= 11 is 0. The molecule has 0 bridgehead atoms. The minimum absolute atomic E-state index is 0.0812. The van der Waals surface area contributed by atoms with Crippen LogP contribution in [0.3, 0.4) is 0 Å². The van der Waals surface area contributed by atoms with Gasteiger partial charge in [-0.05, 0) is 5.41 Å². The molecular weight excluding hydrogens is 178 g/mol. The van der Waals surface area contributed by atoms with E-state index in [1.807, 2.05) is 0 Å². The number of amides is 1. The second-order valence-corrected chi connectivity index (χ2v) is 4.33. The number of hydrogen-bond acceptors (Lipinski definition) is 3. The van der Waals surface area contributed by atoms with E-state index in [0.717, 1.165) is 0 Å². The Kier molecular flexibility index (Phi) is 3.17. The number of aromatic nitrogens is 2. The molecule has 1 rings (SSSR count). The van der Waals surface area contributed by atoms with Crippen LogP contribution in [0.2, 0.25) is 0 Å². The number of nitrogens with zero attached hydrogens (tertiary/aromatic N) is 2. The quantitative estimate of drug-likeness (QED) is 0.769. The Morgan fingerprint density at radius 3 is 2.64 bits per heavy atom. The Morgan fingerprint density at radius 2 is 2.14 bits per heavy atom. The first kappa shape index (κ1) is 10.6. The van der Waals surface area contributed by atoms with Gasteiger partial charge >= 0.3 is 0 Å². The van der Waals surface area contributed by atoms with Gasteiger partial charge in [0.1, 0.15) is 5.69 Å². The molecule has 0 saturated carbocycles. The minimum atomic E-state index is -0.173. The summed E-state index contributed by atoms with van der Waals surface area (Å²) < 4.78 is 0. The van der Waals surface area contributed by atoms with Crippen LogP contribution in [0, 0.1) is 5.41 Å². The van der Waals surface area contributed by atoms with Crippen LogP contribution in [0.1, 0.15) is 31.3 Å². The molecule has 76 valence electrons. The van der Waals surface area contributed by atoms with E-state index in [1.54, 1.807) is 6.20 Å². The minimum Gasteiger partial charge on any atom is -0.350 e. The maximum absolute atomic E-state index is 11.5. The highest BCUT2D eigenvalue weighted by Crippen LogP contribution is 2.10. The third-order valence-corrected chi connectivity index (χ3v) is 1.58. The van der Waals surface area contributed by atoms with E-state index < -0.39 is 0 Å². The molecule has 14 heavy (non-hydrogen) atoms. The van der Waals surface area contributed by atoms with E-state index in [4.69, 9.17) is 0 Å². The van der Waals surface area contributed by atoms with Gasteiger partial charge < -0.3 is 5.32 Å². The lowest BCUT2D eigenvalue weighted by Gasteiger charge is -2.18. The predicted molar refractivity (Wildman–Crippen MR) is 53.8 cm³/mol. The average molecular weight is 193 g/mol. The summed E-state index contributed by atoms with van der Waals surface area (Å²) in [5, 5.41) is 2.80. The maximum atomic E-state index is 11.5. The molecule has 0 aromatic carbocycles. The van der Waals surface area contributed by atoms with Gasteiger partial charge in [0.2, 0.25) is 0 Å². The highest BCUT2D eigenvalue weighted by atomic mass is 16.1. The van der Waals surface area contributed by atoms with Crippen LogP contribution in [0.5, 0.6) is 0 Å². The summed E-state index contributed by atoms with van der Waals surface area (Å²) in [6, 6.07) is 0. The van der Waals surface area contributed by atoms with Crippen LogP contribution < -0.4 is 5.32 Å². The zero-order chi connectivity index (χ0) is 10.6. The zero-order valence-corrected chi connectivity index (χ0v) is 8.74. The van der Waals surface area contributed by atoms with Gasteiger partial charge in [-0.15, -0.1) is 0 Å². The van der Waals surface area contributed by atoms with Crippen molar-refractivity contribution in [1.29, 1.82) is 0 Å². The van der Waals surface area contributed by atoms with Crippen LogP contribution in [-0.2, 0) is 0 Å². The fourth-order valence-electron chi connectivity index (χ4n) is 0.852. The van der Waals surface area contributed by atoms with Crippen molar-refractivity contribution in [3.63, 3.8) is 0 Å². The first-order valence-corrected chi connectivity index (χ1v) is 4.53. The predicted octanol–water partition coefficient (Wildman–Crippen LogP) is 1.25. The summed E-state index contributed by atoms with van der Waals surface area (Å²) in [7, 11) is 0. The third-order valence-electron chi connectivity index (χ3n) is 1.58. The Morgan fingerprint density at radius 1 is 1.43 bits per heavy atom. The molecule has 1 aromatic heterocycles. The largest absolute Gasteiger partial charge is 0.350 e. The number of rotatable bonds is 2. The molecule has 4 heteroatoms. The Hall–Kier alpha value is -1.45. The highest BCUT2D eigenvalue weighted by Gasteiger charge is 2.13. The number of nitrogens with one attached hydrogen (secondary N) is 1. The zero-order valence-electron chi connectivity index (χ0n) is 8.74. The maximum Gasteiger partial charge on any atom is 0.271 e. The van der Waals surface area contributed by atoms with Crippen molar-refractivity contribution in [2.45, 2.75) is 20.8 Å². The van der Waals surface area contributed by atoms with Gasteiger partial charge in [0, 0.05) is 18.9 Å². The highest BCUT2D eigenvalue weighted by molar-refractivity contribution is 5.91. The standard InChI is InChI=1S/C10H15N3O/c1-10(2,3)7-13-9(14)8-6-11-4-5-12-8/h4-6H,7H2,1-3H3,(H,13,14). The molecule has 0 fully saturated rings. The molecule has 1 aromatic rings. The molecule has 1 heterocycles. The second-order valence-electron chi connectivity index (χ2n) is 4.33. The molecule has 4 nitrogen and oxygen atoms in total. The van der Waals surface area contributed by atoms with Crippen LogP contribution in [0.4, 0.5) is 0 Å². The van der Waals surface area contributed by atoms with Gasteiger partial charge in [0.05, 0.1) is 6.20 Å². The summed E-state index contributed by atoms with van der Waals surface area (Å²) in [4.78, 5) is 19.2. The molecule has 0 unspecified atom stereocenters. The van der Waals surface area contributed by atoms with E-state index >= 15 is 0 Å². The fraction of sp³-hybridized carbons (Fsp3) is 0.500. The van der Waals surface area contributed by atoms with Crippen molar-refractivity contribution in [3.8, 4) is 0 Å². The van der Waals surface area contributed by atoms with Gasteiger partial charge in [0.25, 0.3) is 5.91 Å². The van der Waals surface area contributed by atoms with Gasteiger partial charge in [-0.25, -0.2) is 4.98 Å². The van der Waals surface area contributed by atoms with Gasteiger partial charge in [-0.2, -0.15) is 0 Å². The summed E-state index contributed by atoms with van der Waals surface area (Å²) in [6.07, 6.45) is 4.50. The topological polar surface area (TPSA) is 54.9 Å². The van der Waals surface area contributed by atoms with E-state index in [2.05, 4.69) is 36.1 Å². The number of carbonyl (C=O) groups excluding carboxylic acids is 1. The first-order valence-electron chi connectivity index (χ1n) is 4.53. The molecular formula is C10H15N3O. The van der Waals surface area contributed by atoms with Crippen molar-refractivity contribution in [3.05, 3.63) is 24.3 Å². The lowest BCUT2D eigenvalue weighted by atomic mass is 9.97. The van der Waals surface area contributed by atoms with Gasteiger partial charge in [-0.3, -0.25) is 9.78 Å². The number of carbonyl (C=O) groups is 1. The summed E-state index contributed by atoms with van der Waals surface area (Å²) in [5.41, 5.74) is 0.439. The molecule has 0 atom stereocenters. The van der Waals surface area contributed by atoms with Gasteiger partial charge in [-0.1, -0.05) is 20.8 Å². The van der Waals surface area contributed by atoms with Crippen LogP contribution in [0.25, 0.3) is 0 Å². The Balaban J connectivity index is 2.52. The van der Waals surface area contributed by atoms with Crippen molar-refractivity contribution >= 4 is 5.91 Å². The van der Waals surface area contributed by atoms with E-state index in [0.29, 0.717) is 12.2 Å². The van der Waals surface area contributed by atoms with Crippen molar-refractivity contribution in [2.75, 3.05) is 6.54 Å². The SMILES string of the molecule is CC(C)(C)CNC(=O)c1cnccn1. The molecule has 0 spiro atoms. The van der Waals surface area contributed by atoms with E-state index in [1.165, 1.54) is 12.4 Å². The molecule has 0 radical (unpaired) electrons. The molecule has 0 aliphatic carbocycles. The molecule has 0 aliphatic rings. The summed E-state index contributed by atoms with van der Waals surface area (Å²) in [6.45, 7) is 6.81. The van der Waals surface area contributed by atoms with E-state index in [9.17, 15) is 4.79 Å².